The minimum absolute atomic E-state index is 0.173. The molecule has 176 valence electrons. The molecule has 0 amide bonds. The van der Waals surface area contributed by atoms with Crippen LogP contribution >= 0.6 is 11.3 Å². The van der Waals surface area contributed by atoms with Gasteiger partial charge in [-0.2, -0.15) is 0 Å². The summed E-state index contributed by atoms with van der Waals surface area (Å²) in [5.41, 5.74) is 1.41. The molecule has 0 atom stereocenters. The number of halogens is 2. The van der Waals surface area contributed by atoms with E-state index < -0.39 is 26.7 Å². The molecule has 0 aliphatic carbocycles. The highest BCUT2D eigenvalue weighted by Crippen LogP contribution is 2.35. The summed E-state index contributed by atoms with van der Waals surface area (Å²) in [6.45, 7) is 1.11. The van der Waals surface area contributed by atoms with Crippen molar-refractivity contribution in [3.63, 3.8) is 0 Å². The third kappa shape index (κ3) is 4.96. The average molecular weight is 495 g/mol. The average Bonchev–Trinajstić information content (AvgIpc) is 3.29. The molecule has 33 heavy (non-hydrogen) atoms. The van der Waals surface area contributed by atoms with Crippen molar-refractivity contribution < 1.29 is 26.7 Å². The molecule has 3 aromatic rings. The second kappa shape index (κ2) is 9.64. The fourth-order valence-electron chi connectivity index (χ4n) is 3.93. The van der Waals surface area contributed by atoms with Gasteiger partial charge in [-0.15, -0.1) is 11.3 Å². The SMILES string of the molecule is COc1ccc(S(=O)(=O)C2CCN(c3nc(Cc4ccc(F)c(F)c4)cs3)CC2)c(OC)c1. The van der Waals surface area contributed by atoms with Gasteiger partial charge in [-0.05, 0) is 42.7 Å². The van der Waals surface area contributed by atoms with Crippen molar-refractivity contribution in [2.45, 2.75) is 29.4 Å². The number of ether oxygens (including phenoxy) is 2. The van der Waals surface area contributed by atoms with E-state index in [9.17, 15) is 17.2 Å². The molecule has 1 aliphatic heterocycles. The quantitative estimate of drug-likeness (QED) is 0.483. The standard InChI is InChI=1S/C23H24F2N2O4S2/c1-30-17-4-6-22(21(13-17)31-2)33(28,29)18-7-9-27(10-8-18)23-26-16(14-32-23)11-15-3-5-19(24)20(25)12-15/h3-6,12-14,18H,7-11H2,1-2H3. The van der Waals surface area contributed by atoms with E-state index in [1.54, 1.807) is 18.2 Å². The summed E-state index contributed by atoms with van der Waals surface area (Å²) >= 11 is 1.46. The van der Waals surface area contributed by atoms with Crippen LogP contribution in [0.15, 0.2) is 46.7 Å². The van der Waals surface area contributed by atoms with E-state index in [0.717, 1.165) is 16.9 Å². The lowest BCUT2D eigenvalue weighted by atomic mass is 10.1. The van der Waals surface area contributed by atoms with E-state index in [1.807, 2.05) is 5.38 Å². The first-order valence-corrected chi connectivity index (χ1v) is 12.8. The Balaban J connectivity index is 1.42. The summed E-state index contributed by atoms with van der Waals surface area (Å²) in [5.74, 6) is -0.940. The highest BCUT2D eigenvalue weighted by molar-refractivity contribution is 7.92. The fraction of sp³-hybridized carbons (Fsp3) is 0.348. The van der Waals surface area contributed by atoms with Crippen LogP contribution in [0.3, 0.4) is 0 Å². The molecule has 0 spiro atoms. The van der Waals surface area contributed by atoms with Gasteiger partial charge >= 0.3 is 0 Å². The molecule has 2 aromatic carbocycles. The predicted molar refractivity (Wildman–Crippen MR) is 123 cm³/mol. The molecule has 4 rings (SSSR count). The van der Waals surface area contributed by atoms with Gasteiger partial charge in [-0.3, -0.25) is 0 Å². The Bertz CT molecular complexity index is 1240. The van der Waals surface area contributed by atoms with Gasteiger partial charge < -0.3 is 14.4 Å². The number of nitrogens with zero attached hydrogens (tertiary/aromatic N) is 2. The van der Waals surface area contributed by atoms with Crippen molar-refractivity contribution >= 4 is 26.3 Å². The monoisotopic (exact) mass is 494 g/mol. The van der Waals surface area contributed by atoms with Crippen molar-refractivity contribution in [2.75, 3.05) is 32.2 Å². The Morgan fingerprint density at radius 2 is 1.82 bits per heavy atom. The first-order valence-electron chi connectivity index (χ1n) is 10.4. The highest BCUT2D eigenvalue weighted by atomic mass is 32.2. The normalized spacial score (nSPS) is 15.0. The minimum atomic E-state index is -3.57. The Kier molecular flexibility index (Phi) is 6.85. The summed E-state index contributed by atoms with van der Waals surface area (Å²) in [6.07, 6.45) is 1.33. The van der Waals surface area contributed by atoms with Crippen molar-refractivity contribution in [1.82, 2.24) is 4.98 Å². The molecular weight excluding hydrogens is 470 g/mol. The fourth-order valence-corrected chi connectivity index (χ4v) is 6.68. The van der Waals surface area contributed by atoms with E-state index in [-0.39, 0.29) is 10.6 Å². The van der Waals surface area contributed by atoms with Gasteiger partial charge in [0.05, 0.1) is 25.2 Å². The van der Waals surface area contributed by atoms with E-state index in [1.165, 1.54) is 37.7 Å². The van der Waals surface area contributed by atoms with E-state index in [2.05, 4.69) is 9.88 Å². The Morgan fingerprint density at radius 3 is 2.48 bits per heavy atom. The van der Waals surface area contributed by atoms with E-state index in [0.29, 0.717) is 43.7 Å². The Morgan fingerprint density at radius 1 is 1.06 bits per heavy atom. The molecule has 6 nitrogen and oxygen atoms in total. The molecule has 10 heteroatoms. The largest absolute Gasteiger partial charge is 0.497 e. The molecule has 0 N–H and O–H groups in total. The number of anilines is 1. The molecule has 1 aliphatic rings. The lowest BCUT2D eigenvalue weighted by Crippen LogP contribution is -2.39. The van der Waals surface area contributed by atoms with Crippen LogP contribution in [0.25, 0.3) is 0 Å². The van der Waals surface area contributed by atoms with Gasteiger partial charge in [0.2, 0.25) is 0 Å². The zero-order chi connectivity index (χ0) is 23.6. The number of rotatable bonds is 7. The molecule has 0 unspecified atom stereocenters. The first-order chi connectivity index (χ1) is 15.8. The van der Waals surface area contributed by atoms with E-state index in [4.69, 9.17) is 9.47 Å². The second-order valence-corrected chi connectivity index (χ2v) is 10.8. The number of piperidine rings is 1. The molecule has 0 bridgehead atoms. The molecule has 0 saturated carbocycles. The number of sulfone groups is 1. The van der Waals surface area contributed by atoms with Crippen LogP contribution in [0.4, 0.5) is 13.9 Å². The maximum absolute atomic E-state index is 13.5. The van der Waals surface area contributed by atoms with Crippen LogP contribution in [0.5, 0.6) is 11.5 Å². The van der Waals surface area contributed by atoms with Crippen molar-refractivity contribution in [2.24, 2.45) is 0 Å². The van der Waals surface area contributed by atoms with Gasteiger partial charge in [0.15, 0.2) is 26.6 Å². The first kappa shape index (κ1) is 23.4. The molecule has 1 aromatic heterocycles. The van der Waals surface area contributed by atoms with Crippen LogP contribution in [0.1, 0.15) is 24.1 Å². The third-order valence-corrected chi connectivity index (χ3v) is 8.99. The third-order valence-electron chi connectivity index (χ3n) is 5.74. The molecular formula is C23H24F2N2O4S2. The van der Waals surface area contributed by atoms with Crippen LogP contribution in [-0.2, 0) is 16.3 Å². The topological polar surface area (TPSA) is 68.7 Å². The molecule has 1 fully saturated rings. The van der Waals surface area contributed by atoms with Crippen LogP contribution < -0.4 is 14.4 Å². The molecule has 1 saturated heterocycles. The number of aromatic nitrogens is 1. The number of thiazole rings is 1. The van der Waals surface area contributed by atoms with Crippen molar-refractivity contribution in [1.29, 1.82) is 0 Å². The predicted octanol–water partition coefficient (Wildman–Crippen LogP) is 4.47. The van der Waals surface area contributed by atoms with E-state index >= 15 is 0 Å². The number of methoxy groups -OCH3 is 2. The number of hydrogen-bond donors (Lipinski definition) is 0. The smallest absolute Gasteiger partial charge is 0.185 e. The Labute approximate surface area is 195 Å². The lowest BCUT2D eigenvalue weighted by molar-refractivity contribution is 0.385. The van der Waals surface area contributed by atoms with Crippen molar-refractivity contribution in [3.05, 3.63) is 64.7 Å². The van der Waals surface area contributed by atoms with Gasteiger partial charge in [0.1, 0.15) is 16.4 Å². The van der Waals surface area contributed by atoms with Crippen LogP contribution in [0, 0.1) is 11.6 Å². The lowest BCUT2D eigenvalue weighted by Gasteiger charge is -2.31. The van der Waals surface area contributed by atoms with Gasteiger partial charge in [0.25, 0.3) is 0 Å². The maximum atomic E-state index is 13.5. The second-order valence-electron chi connectivity index (χ2n) is 7.79. The van der Waals surface area contributed by atoms with Gasteiger partial charge in [-0.1, -0.05) is 6.07 Å². The highest BCUT2D eigenvalue weighted by Gasteiger charge is 2.34. The summed E-state index contributed by atoms with van der Waals surface area (Å²) in [5, 5.41) is 2.17. The van der Waals surface area contributed by atoms with Gasteiger partial charge in [-0.25, -0.2) is 22.2 Å². The van der Waals surface area contributed by atoms with Crippen molar-refractivity contribution in [3.8, 4) is 11.5 Å². The summed E-state index contributed by atoms with van der Waals surface area (Å²) in [4.78, 5) is 6.86. The summed E-state index contributed by atoms with van der Waals surface area (Å²) < 4.78 is 63.6. The van der Waals surface area contributed by atoms with Crippen LogP contribution in [-0.4, -0.2) is 46.0 Å². The Hall–Kier alpha value is -2.72. The zero-order valence-electron chi connectivity index (χ0n) is 18.3. The summed E-state index contributed by atoms with van der Waals surface area (Å²) in [6, 6.07) is 8.56. The van der Waals surface area contributed by atoms with Gasteiger partial charge in [0, 0.05) is 31.0 Å². The zero-order valence-corrected chi connectivity index (χ0v) is 19.9. The van der Waals surface area contributed by atoms with Crippen LogP contribution in [0.2, 0.25) is 0 Å². The number of hydrogen-bond acceptors (Lipinski definition) is 7. The number of benzene rings is 2. The maximum Gasteiger partial charge on any atom is 0.185 e. The molecule has 0 radical (unpaired) electrons. The molecule has 2 heterocycles. The minimum Gasteiger partial charge on any atom is -0.497 e. The summed E-state index contributed by atoms with van der Waals surface area (Å²) in [7, 11) is -0.613.